The molecule has 29 heavy (non-hydrogen) atoms. The molecule has 0 unspecified atom stereocenters. The summed E-state index contributed by atoms with van der Waals surface area (Å²) >= 11 is 0. The second-order valence-corrected chi connectivity index (χ2v) is 7.49. The van der Waals surface area contributed by atoms with Crippen molar-refractivity contribution in [1.29, 1.82) is 0 Å². The first-order valence-electron chi connectivity index (χ1n) is 9.89. The summed E-state index contributed by atoms with van der Waals surface area (Å²) in [6.07, 6.45) is 9.01. The van der Waals surface area contributed by atoms with Crippen molar-refractivity contribution >= 4 is 11.8 Å². The SMILES string of the molecule is Cn1cc(C(=O)NCC2CCN(C(=O)c3ccc(-n4cccc4)cc3)CC2)cn1. The first-order chi connectivity index (χ1) is 14.1. The van der Waals surface area contributed by atoms with E-state index in [9.17, 15) is 9.59 Å². The van der Waals surface area contributed by atoms with E-state index >= 15 is 0 Å². The Hall–Kier alpha value is -3.35. The zero-order valence-electron chi connectivity index (χ0n) is 16.5. The van der Waals surface area contributed by atoms with Crippen LogP contribution in [0.1, 0.15) is 33.6 Å². The van der Waals surface area contributed by atoms with Gasteiger partial charge in [0.1, 0.15) is 0 Å². The Morgan fingerprint density at radius 1 is 1.07 bits per heavy atom. The lowest BCUT2D eigenvalue weighted by Gasteiger charge is -2.32. The standard InChI is InChI=1S/C22H25N5O2/c1-25-16-19(15-24-25)21(28)23-14-17-8-12-27(13-9-17)22(29)18-4-6-20(7-5-18)26-10-2-3-11-26/h2-7,10-11,15-17H,8-9,12-14H2,1H3,(H,23,28). The summed E-state index contributed by atoms with van der Waals surface area (Å²) in [6, 6.07) is 11.7. The third-order valence-electron chi connectivity index (χ3n) is 5.44. The number of aromatic nitrogens is 3. The zero-order valence-corrected chi connectivity index (χ0v) is 16.5. The van der Waals surface area contributed by atoms with Crippen LogP contribution in [0.4, 0.5) is 0 Å². The summed E-state index contributed by atoms with van der Waals surface area (Å²) in [7, 11) is 1.79. The number of likely N-dealkylation sites (tertiary alicyclic amines) is 1. The number of carbonyl (C=O) groups is 2. The van der Waals surface area contributed by atoms with Gasteiger partial charge >= 0.3 is 0 Å². The highest BCUT2D eigenvalue weighted by Gasteiger charge is 2.24. The Morgan fingerprint density at radius 3 is 2.38 bits per heavy atom. The molecule has 7 heteroatoms. The quantitative estimate of drug-likeness (QED) is 0.726. The molecule has 1 aliphatic rings. The van der Waals surface area contributed by atoms with Crippen molar-refractivity contribution in [2.75, 3.05) is 19.6 Å². The highest BCUT2D eigenvalue weighted by Crippen LogP contribution is 2.19. The highest BCUT2D eigenvalue weighted by molar-refractivity contribution is 5.94. The summed E-state index contributed by atoms with van der Waals surface area (Å²) in [5.74, 6) is 0.358. The van der Waals surface area contributed by atoms with E-state index in [1.165, 1.54) is 0 Å². The van der Waals surface area contributed by atoms with Crippen LogP contribution in [0.25, 0.3) is 5.69 Å². The fraction of sp³-hybridized carbons (Fsp3) is 0.318. The number of rotatable bonds is 5. The maximum Gasteiger partial charge on any atom is 0.254 e. The fourth-order valence-electron chi connectivity index (χ4n) is 3.68. The number of hydrogen-bond acceptors (Lipinski definition) is 3. The lowest BCUT2D eigenvalue weighted by Crippen LogP contribution is -2.41. The second kappa shape index (κ2) is 8.34. The van der Waals surface area contributed by atoms with E-state index in [2.05, 4.69) is 10.4 Å². The van der Waals surface area contributed by atoms with Crippen molar-refractivity contribution in [2.45, 2.75) is 12.8 Å². The highest BCUT2D eigenvalue weighted by atomic mass is 16.2. The third-order valence-corrected chi connectivity index (χ3v) is 5.44. The Morgan fingerprint density at radius 2 is 1.76 bits per heavy atom. The number of amides is 2. The summed E-state index contributed by atoms with van der Waals surface area (Å²) < 4.78 is 3.63. The van der Waals surface area contributed by atoms with Crippen LogP contribution in [0.5, 0.6) is 0 Å². The van der Waals surface area contributed by atoms with Crippen LogP contribution >= 0.6 is 0 Å². The number of benzene rings is 1. The molecule has 2 aromatic heterocycles. The van der Waals surface area contributed by atoms with Crippen LogP contribution in [-0.4, -0.2) is 50.7 Å². The van der Waals surface area contributed by atoms with E-state index in [0.717, 1.165) is 18.5 Å². The number of piperidine rings is 1. The number of aryl methyl sites for hydroxylation is 1. The minimum absolute atomic E-state index is 0.0712. The molecule has 0 bridgehead atoms. The van der Waals surface area contributed by atoms with Gasteiger partial charge in [-0.1, -0.05) is 0 Å². The van der Waals surface area contributed by atoms with Crippen LogP contribution < -0.4 is 5.32 Å². The predicted molar refractivity (Wildman–Crippen MR) is 110 cm³/mol. The molecule has 1 saturated heterocycles. The molecule has 3 aromatic rings. The van der Waals surface area contributed by atoms with Gasteiger partial charge in [-0.2, -0.15) is 5.10 Å². The molecule has 4 rings (SSSR count). The topological polar surface area (TPSA) is 72.2 Å². The van der Waals surface area contributed by atoms with Gasteiger partial charge in [0.15, 0.2) is 0 Å². The molecule has 1 aliphatic heterocycles. The van der Waals surface area contributed by atoms with Gasteiger partial charge in [0.05, 0.1) is 11.8 Å². The number of carbonyl (C=O) groups excluding carboxylic acids is 2. The van der Waals surface area contributed by atoms with Crippen molar-refractivity contribution in [3.8, 4) is 5.69 Å². The molecular weight excluding hydrogens is 366 g/mol. The minimum atomic E-state index is -0.0978. The van der Waals surface area contributed by atoms with E-state index in [0.29, 0.717) is 36.7 Å². The first kappa shape index (κ1) is 19.0. The van der Waals surface area contributed by atoms with Gasteiger partial charge in [0.25, 0.3) is 11.8 Å². The van der Waals surface area contributed by atoms with Gasteiger partial charge in [-0.25, -0.2) is 0 Å². The summed E-state index contributed by atoms with van der Waals surface area (Å²) in [4.78, 5) is 26.8. The molecule has 0 spiro atoms. The van der Waals surface area contributed by atoms with Crippen LogP contribution in [0.2, 0.25) is 0 Å². The molecule has 0 atom stereocenters. The second-order valence-electron chi connectivity index (χ2n) is 7.49. The average molecular weight is 391 g/mol. The monoisotopic (exact) mass is 391 g/mol. The van der Waals surface area contributed by atoms with Crippen LogP contribution in [0, 0.1) is 5.92 Å². The molecule has 1 N–H and O–H groups in total. The van der Waals surface area contributed by atoms with E-state index in [4.69, 9.17) is 0 Å². The van der Waals surface area contributed by atoms with E-state index in [-0.39, 0.29) is 11.8 Å². The normalized spacial score (nSPS) is 14.7. The summed E-state index contributed by atoms with van der Waals surface area (Å²) in [5.41, 5.74) is 2.32. The van der Waals surface area contributed by atoms with Crippen molar-refractivity contribution in [3.05, 3.63) is 72.3 Å². The lowest BCUT2D eigenvalue weighted by molar-refractivity contribution is 0.0684. The first-order valence-corrected chi connectivity index (χ1v) is 9.89. The van der Waals surface area contributed by atoms with Gasteiger partial charge in [-0.15, -0.1) is 0 Å². The average Bonchev–Trinajstić information content (AvgIpc) is 3.44. The van der Waals surface area contributed by atoms with Gasteiger partial charge in [-0.3, -0.25) is 14.3 Å². The van der Waals surface area contributed by atoms with Gasteiger partial charge in [-0.05, 0) is 55.2 Å². The molecular formula is C22H25N5O2. The smallest absolute Gasteiger partial charge is 0.254 e. The Labute approximate surface area is 169 Å². The summed E-state index contributed by atoms with van der Waals surface area (Å²) in [6.45, 7) is 2.05. The van der Waals surface area contributed by atoms with Crippen molar-refractivity contribution in [2.24, 2.45) is 13.0 Å². The lowest BCUT2D eigenvalue weighted by atomic mass is 9.96. The van der Waals surface area contributed by atoms with Gasteiger partial charge < -0.3 is 14.8 Å². The summed E-state index contributed by atoms with van der Waals surface area (Å²) in [5, 5.41) is 7.00. The number of nitrogens with one attached hydrogen (secondary N) is 1. The van der Waals surface area contributed by atoms with E-state index < -0.39 is 0 Å². The molecule has 2 amide bonds. The molecule has 3 heterocycles. The van der Waals surface area contributed by atoms with Crippen LogP contribution in [-0.2, 0) is 7.05 Å². The maximum absolute atomic E-state index is 12.8. The van der Waals surface area contributed by atoms with Crippen LogP contribution in [0.3, 0.4) is 0 Å². The van der Waals surface area contributed by atoms with Crippen LogP contribution in [0.15, 0.2) is 61.2 Å². The predicted octanol–water partition coefficient (Wildman–Crippen LogP) is 2.49. The zero-order chi connectivity index (χ0) is 20.2. The molecule has 150 valence electrons. The Balaban J connectivity index is 1.26. The molecule has 0 aliphatic carbocycles. The maximum atomic E-state index is 12.8. The Bertz CT molecular complexity index is 967. The minimum Gasteiger partial charge on any atom is -0.352 e. The number of nitrogens with zero attached hydrogens (tertiary/aromatic N) is 4. The van der Waals surface area contributed by atoms with Crippen molar-refractivity contribution < 1.29 is 9.59 Å². The van der Waals surface area contributed by atoms with E-state index in [1.54, 1.807) is 24.1 Å². The fourth-order valence-corrected chi connectivity index (χ4v) is 3.68. The van der Waals surface area contributed by atoms with Crippen molar-refractivity contribution in [3.63, 3.8) is 0 Å². The molecule has 1 aromatic carbocycles. The molecule has 0 radical (unpaired) electrons. The van der Waals surface area contributed by atoms with Gasteiger partial charge in [0, 0.05) is 56.5 Å². The Kier molecular flexibility index (Phi) is 5.46. The molecule has 0 saturated carbocycles. The molecule has 1 fully saturated rings. The third kappa shape index (κ3) is 4.39. The van der Waals surface area contributed by atoms with E-state index in [1.807, 2.05) is 58.3 Å². The van der Waals surface area contributed by atoms with Gasteiger partial charge in [0.2, 0.25) is 0 Å². The number of hydrogen-bond donors (Lipinski definition) is 1. The van der Waals surface area contributed by atoms with Crippen molar-refractivity contribution in [1.82, 2.24) is 24.6 Å². The molecule has 7 nitrogen and oxygen atoms in total. The largest absolute Gasteiger partial charge is 0.352 e.